The first kappa shape index (κ1) is 16.8. The summed E-state index contributed by atoms with van der Waals surface area (Å²) in [4.78, 5) is 12.0. The van der Waals surface area contributed by atoms with E-state index in [1.54, 1.807) is 0 Å². The highest BCUT2D eigenvalue weighted by molar-refractivity contribution is 5.76. The molecule has 1 saturated carbocycles. The Bertz CT molecular complexity index is 327. The molecule has 1 aliphatic heterocycles. The van der Waals surface area contributed by atoms with Crippen LogP contribution in [0.4, 0.5) is 0 Å². The zero-order chi connectivity index (χ0) is 15.2. The van der Waals surface area contributed by atoms with Crippen molar-refractivity contribution < 1.29 is 9.53 Å². The highest BCUT2D eigenvalue weighted by Crippen LogP contribution is 2.31. The topological polar surface area (TPSA) is 50.4 Å². The van der Waals surface area contributed by atoms with Gasteiger partial charge in [0.05, 0.1) is 7.11 Å². The van der Waals surface area contributed by atoms with E-state index in [2.05, 4.69) is 24.5 Å². The second-order valence-electron chi connectivity index (χ2n) is 7.02. The van der Waals surface area contributed by atoms with Gasteiger partial charge in [0.1, 0.15) is 6.04 Å². The maximum absolute atomic E-state index is 12.0. The zero-order valence-electron chi connectivity index (χ0n) is 13.9. The van der Waals surface area contributed by atoms with Crippen molar-refractivity contribution in [3.63, 3.8) is 0 Å². The summed E-state index contributed by atoms with van der Waals surface area (Å²) in [6, 6.07) is 0.895. The average Bonchev–Trinajstić information content (AvgIpc) is 2.52. The maximum atomic E-state index is 12.0. The van der Waals surface area contributed by atoms with Crippen LogP contribution in [0.2, 0.25) is 0 Å². The molecular weight excluding hydrogens is 264 g/mol. The molecule has 0 amide bonds. The lowest BCUT2D eigenvalue weighted by Gasteiger charge is -2.41. The second kappa shape index (κ2) is 8.14. The molecule has 4 nitrogen and oxygen atoms in total. The Morgan fingerprint density at radius 2 is 1.86 bits per heavy atom. The van der Waals surface area contributed by atoms with Gasteiger partial charge in [-0.25, -0.2) is 0 Å². The molecule has 2 rings (SSSR count). The predicted octanol–water partition coefficient (Wildman–Crippen LogP) is 2.47. The molecule has 4 unspecified atom stereocenters. The van der Waals surface area contributed by atoms with Gasteiger partial charge in [0.2, 0.25) is 0 Å². The molecule has 4 heteroatoms. The molecule has 1 aliphatic carbocycles. The summed E-state index contributed by atoms with van der Waals surface area (Å²) in [5.41, 5.74) is 0. The second-order valence-corrected chi connectivity index (χ2v) is 7.02. The summed E-state index contributed by atoms with van der Waals surface area (Å²) in [6.45, 7) is 5.33. The van der Waals surface area contributed by atoms with Crippen molar-refractivity contribution in [3.8, 4) is 0 Å². The lowest BCUT2D eigenvalue weighted by atomic mass is 9.76. The van der Waals surface area contributed by atoms with Crippen molar-refractivity contribution in [2.75, 3.05) is 13.7 Å². The van der Waals surface area contributed by atoms with E-state index < -0.39 is 0 Å². The molecular formula is C17H32N2O2. The normalized spacial score (nSPS) is 31.9. The minimum Gasteiger partial charge on any atom is -0.468 e. The third-order valence-corrected chi connectivity index (χ3v) is 5.20. The van der Waals surface area contributed by atoms with Crippen molar-refractivity contribution in [3.05, 3.63) is 0 Å². The molecule has 0 aromatic rings. The van der Waals surface area contributed by atoms with Crippen molar-refractivity contribution >= 4 is 5.97 Å². The summed E-state index contributed by atoms with van der Waals surface area (Å²) in [5.74, 6) is 0.801. The van der Waals surface area contributed by atoms with E-state index in [4.69, 9.17) is 4.74 Å². The van der Waals surface area contributed by atoms with Gasteiger partial charge >= 0.3 is 5.97 Å². The molecule has 0 spiro atoms. The third-order valence-electron chi connectivity index (χ3n) is 5.20. The number of rotatable bonds is 5. The zero-order valence-corrected chi connectivity index (χ0v) is 13.9. The number of carbonyl (C=O) groups excluding carboxylic acids is 1. The molecule has 122 valence electrons. The maximum Gasteiger partial charge on any atom is 0.323 e. The van der Waals surface area contributed by atoms with Crippen LogP contribution in [0.1, 0.15) is 58.8 Å². The fraction of sp³-hybridized carbons (Fsp3) is 0.941. The lowest BCUT2D eigenvalue weighted by Crippen LogP contribution is -2.55. The van der Waals surface area contributed by atoms with Gasteiger partial charge in [-0.3, -0.25) is 4.79 Å². The van der Waals surface area contributed by atoms with Crippen LogP contribution in [0, 0.1) is 11.8 Å². The third kappa shape index (κ3) is 4.43. The Balaban J connectivity index is 2.01. The molecule has 1 heterocycles. The van der Waals surface area contributed by atoms with E-state index in [9.17, 15) is 4.79 Å². The van der Waals surface area contributed by atoms with Crippen molar-refractivity contribution in [1.29, 1.82) is 0 Å². The lowest BCUT2D eigenvalue weighted by molar-refractivity contribution is -0.144. The molecule has 0 radical (unpaired) electrons. The van der Waals surface area contributed by atoms with E-state index in [-0.39, 0.29) is 17.9 Å². The summed E-state index contributed by atoms with van der Waals surface area (Å²) in [7, 11) is 1.49. The molecule has 0 aromatic heterocycles. The number of esters is 1. The molecule has 2 N–H and O–H groups in total. The number of methoxy groups -OCH3 is 1. The molecule has 2 aliphatic rings. The van der Waals surface area contributed by atoms with Crippen LogP contribution in [0.5, 0.6) is 0 Å². The number of ether oxygens (including phenoxy) is 1. The smallest absolute Gasteiger partial charge is 0.323 e. The Kier molecular flexibility index (Phi) is 6.49. The van der Waals surface area contributed by atoms with Gasteiger partial charge in [0.15, 0.2) is 0 Å². The molecule has 21 heavy (non-hydrogen) atoms. The fourth-order valence-corrected chi connectivity index (χ4v) is 3.98. The van der Waals surface area contributed by atoms with Gasteiger partial charge in [0, 0.05) is 12.1 Å². The van der Waals surface area contributed by atoms with Crippen LogP contribution < -0.4 is 10.6 Å². The van der Waals surface area contributed by atoms with Crippen LogP contribution in [-0.4, -0.2) is 37.7 Å². The Hall–Kier alpha value is -0.610. The van der Waals surface area contributed by atoms with E-state index >= 15 is 0 Å². The van der Waals surface area contributed by atoms with Crippen molar-refractivity contribution in [2.45, 2.75) is 76.9 Å². The summed E-state index contributed by atoms with van der Waals surface area (Å²) in [6.07, 6.45) is 8.99. The van der Waals surface area contributed by atoms with E-state index in [1.165, 1.54) is 52.1 Å². The van der Waals surface area contributed by atoms with E-state index in [0.29, 0.717) is 18.0 Å². The molecule has 0 bridgehead atoms. The minimum atomic E-state index is -0.177. The highest BCUT2D eigenvalue weighted by atomic mass is 16.5. The first-order valence-electron chi connectivity index (χ1n) is 8.70. The SMILES string of the molecule is COC(=O)C(NC1CCCCC1C1CCCCN1)C(C)C. The number of hydrogen-bond donors (Lipinski definition) is 2. The van der Waals surface area contributed by atoms with Crippen molar-refractivity contribution in [2.24, 2.45) is 11.8 Å². The van der Waals surface area contributed by atoms with Crippen LogP contribution in [0.15, 0.2) is 0 Å². The predicted molar refractivity (Wildman–Crippen MR) is 85.2 cm³/mol. The number of carbonyl (C=O) groups is 1. The quantitative estimate of drug-likeness (QED) is 0.765. The molecule has 2 fully saturated rings. The van der Waals surface area contributed by atoms with Crippen molar-refractivity contribution in [1.82, 2.24) is 10.6 Å². The number of hydrogen-bond acceptors (Lipinski definition) is 4. The van der Waals surface area contributed by atoms with Crippen LogP contribution in [0.3, 0.4) is 0 Å². The highest BCUT2D eigenvalue weighted by Gasteiger charge is 2.35. The van der Waals surface area contributed by atoms with Gasteiger partial charge in [-0.15, -0.1) is 0 Å². The minimum absolute atomic E-state index is 0.120. The van der Waals surface area contributed by atoms with Crippen LogP contribution >= 0.6 is 0 Å². The average molecular weight is 296 g/mol. The number of nitrogens with one attached hydrogen (secondary N) is 2. The van der Waals surface area contributed by atoms with Crippen LogP contribution in [-0.2, 0) is 9.53 Å². The summed E-state index contributed by atoms with van der Waals surface area (Å²) < 4.78 is 4.98. The van der Waals surface area contributed by atoms with E-state index in [0.717, 1.165) is 6.54 Å². The fourth-order valence-electron chi connectivity index (χ4n) is 3.98. The Morgan fingerprint density at radius 3 is 2.48 bits per heavy atom. The summed E-state index contributed by atoms with van der Waals surface area (Å²) >= 11 is 0. The van der Waals surface area contributed by atoms with Crippen LogP contribution in [0.25, 0.3) is 0 Å². The molecule has 4 atom stereocenters. The monoisotopic (exact) mass is 296 g/mol. The Labute approximate surface area is 129 Å². The van der Waals surface area contributed by atoms with E-state index in [1.807, 2.05) is 0 Å². The summed E-state index contributed by atoms with van der Waals surface area (Å²) in [5, 5.41) is 7.35. The van der Waals surface area contributed by atoms with Gasteiger partial charge in [-0.05, 0) is 44.1 Å². The molecule has 0 aromatic carbocycles. The number of piperidine rings is 1. The Morgan fingerprint density at radius 1 is 1.14 bits per heavy atom. The van der Waals surface area contributed by atoms with Gasteiger partial charge in [-0.2, -0.15) is 0 Å². The van der Waals surface area contributed by atoms with Gasteiger partial charge in [0.25, 0.3) is 0 Å². The van der Waals surface area contributed by atoms with Gasteiger partial charge in [-0.1, -0.05) is 33.1 Å². The standard InChI is InChI=1S/C17H32N2O2/c1-12(2)16(17(20)21-3)19-15-10-5-4-8-13(15)14-9-6-7-11-18-14/h12-16,18-19H,4-11H2,1-3H3. The largest absolute Gasteiger partial charge is 0.468 e. The molecule has 1 saturated heterocycles. The first-order chi connectivity index (χ1) is 10.1. The van der Waals surface area contributed by atoms with Gasteiger partial charge < -0.3 is 15.4 Å². The first-order valence-corrected chi connectivity index (χ1v) is 8.70.